The van der Waals surface area contributed by atoms with Crippen molar-refractivity contribution in [1.29, 1.82) is 0 Å². The van der Waals surface area contributed by atoms with Gasteiger partial charge in [-0.05, 0) is 12.1 Å². The third-order valence-electron chi connectivity index (χ3n) is 3.92. The lowest BCUT2D eigenvalue weighted by molar-refractivity contribution is 0.0697. The molecule has 0 fully saturated rings. The second-order valence-electron chi connectivity index (χ2n) is 5.51. The Morgan fingerprint density at radius 2 is 1.68 bits per heavy atom. The fraction of sp³-hybridized carbons (Fsp3) is 0. The van der Waals surface area contributed by atoms with Crippen LogP contribution in [0.15, 0.2) is 66.9 Å². The van der Waals surface area contributed by atoms with Crippen LogP contribution in [0, 0.1) is 0 Å². The average Bonchev–Trinajstić information content (AvgIpc) is 3.08. The van der Waals surface area contributed by atoms with Gasteiger partial charge in [-0.3, -0.25) is 5.10 Å². The maximum Gasteiger partial charge on any atom is 0.339 e. The van der Waals surface area contributed by atoms with E-state index >= 15 is 0 Å². The second-order valence-corrected chi connectivity index (χ2v) is 5.51. The van der Waals surface area contributed by atoms with Crippen molar-refractivity contribution in [3.05, 3.63) is 72.4 Å². The number of nitrogens with zero attached hydrogens (tertiary/aromatic N) is 2. The van der Waals surface area contributed by atoms with Crippen LogP contribution in [0.1, 0.15) is 10.4 Å². The van der Waals surface area contributed by atoms with E-state index in [4.69, 9.17) is 0 Å². The number of aromatic nitrogens is 3. The van der Waals surface area contributed by atoms with Gasteiger partial charge in [-0.25, -0.2) is 9.78 Å². The molecule has 0 saturated carbocycles. The molecule has 0 saturated heterocycles. The van der Waals surface area contributed by atoms with E-state index in [1.54, 1.807) is 0 Å². The average molecular weight is 330 g/mol. The van der Waals surface area contributed by atoms with E-state index in [9.17, 15) is 9.90 Å². The van der Waals surface area contributed by atoms with Crippen molar-refractivity contribution in [2.24, 2.45) is 0 Å². The number of rotatable bonds is 4. The van der Waals surface area contributed by atoms with Crippen LogP contribution >= 0.6 is 0 Å². The number of anilines is 2. The van der Waals surface area contributed by atoms with Crippen molar-refractivity contribution in [2.75, 3.05) is 5.32 Å². The Morgan fingerprint density at radius 3 is 2.36 bits per heavy atom. The second kappa shape index (κ2) is 6.09. The molecule has 0 aliphatic rings. The van der Waals surface area contributed by atoms with Crippen molar-refractivity contribution in [2.45, 2.75) is 0 Å². The van der Waals surface area contributed by atoms with Crippen LogP contribution in [0.5, 0.6) is 0 Å². The van der Waals surface area contributed by atoms with Crippen LogP contribution in [0.3, 0.4) is 0 Å². The maximum absolute atomic E-state index is 11.7. The minimum atomic E-state index is -1.05. The Kier molecular flexibility index (Phi) is 3.63. The summed E-state index contributed by atoms with van der Waals surface area (Å²) in [7, 11) is 0. The fourth-order valence-electron chi connectivity index (χ4n) is 2.76. The van der Waals surface area contributed by atoms with Crippen molar-refractivity contribution in [3.63, 3.8) is 0 Å². The highest BCUT2D eigenvalue weighted by Crippen LogP contribution is 2.35. The quantitative estimate of drug-likeness (QED) is 0.525. The van der Waals surface area contributed by atoms with Gasteiger partial charge in [-0.2, -0.15) is 5.10 Å². The maximum atomic E-state index is 11.7. The number of aromatic amines is 1. The molecule has 2 aromatic heterocycles. The number of carboxylic acids is 1. The van der Waals surface area contributed by atoms with Crippen LogP contribution in [0.25, 0.3) is 22.3 Å². The van der Waals surface area contributed by atoms with Gasteiger partial charge in [-0.1, -0.05) is 48.5 Å². The zero-order valence-electron chi connectivity index (χ0n) is 13.1. The van der Waals surface area contributed by atoms with Crippen LogP contribution in [0.4, 0.5) is 11.4 Å². The van der Waals surface area contributed by atoms with Crippen LogP contribution < -0.4 is 5.32 Å². The van der Waals surface area contributed by atoms with E-state index in [2.05, 4.69) is 20.5 Å². The molecule has 4 rings (SSSR count). The van der Waals surface area contributed by atoms with Gasteiger partial charge >= 0.3 is 5.97 Å². The smallest absolute Gasteiger partial charge is 0.339 e. The highest BCUT2D eigenvalue weighted by Gasteiger charge is 2.20. The summed E-state index contributed by atoms with van der Waals surface area (Å²) in [5.74, 6) is -1.05. The molecular weight excluding hydrogens is 316 g/mol. The van der Waals surface area contributed by atoms with Crippen LogP contribution in [0.2, 0.25) is 0 Å². The number of pyridine rings is 1. The van der Waals surface area contributed by atoms with E-state index in [0.29, 0.717) is 16.7 Å². The molecule has 0 radical (unpaired) electrons. The highest BCUT2D eigenvalue weighted by molar-refractivity contribution is 6.09. The lowest BCUT2D eigenvalue weighted by Crippen LogP contribution is -2.04. The first-order chi connectivity index (χ1) is 12.2. The number of hydrogen-bond acceptors (Lipinski definition) is 4. The van der Waals surface area contributed by atoms with Gasteiger partial charge in [0.25, 0.3) is 0 Å². The Morgan fingerprint density at radius 1 is 1.00 bits per heavy atom. The van der Waals surface area contributed by atoms with E-state index in [-0.39, 0.29) is 5.56 Å². The Bertz CT molecular complexity index is 1040. The molecule has 6 nitrogen and oxygen atoms in total. The molecule has 0 unspecified atom stereocenters. The molecular formula is C19H14N4O2. The largest absolute Gasteiger partial charge is 0.478 e. The van der Waals surface area contributed by atoms with E-state index in [0.717, 1.165) is 16.9 Å². The standard InChI is InChI=1S/C19H14N4O2/c24-19(25)14-11-20-18-15(17(14)21-13-9-5-2-6-10-13)16(22-23-18)12-7-3-1-4-8-12/h1-11H,(H,24,25)(H2,20,21,22,23). The lowest BCUT2D eigenvalue weighted by Gasteiger charge is -2.11. The molecule has 3 N–H and O–H groups in total. The summed E-state index contributed by atoms with van der Waals surface area (Å²) in [6.45, 7) is 0. The first-order valence-electron chi connectivity index (χ1n) is 7.72. The molecule has 4 aromatic rings. The van der Waals surface area contributed by atoms with Gasteiger partial charge in [0.05, 0.1) is 16.8 Å². The number of aromatic carboxylic acids is 1. The molecule has 0 atom stereocenters. The Labute approximate surface area is 143 Å². The van der Waals surface area contributed by atoms with E-state index < -0.39 is 5.97 Å². The molecule has 0 amide bonds. The molecule has 0 spiro atoms. The van der Waals surface area contributed by atoms with Gasteiger partial charge in [0.15, 0.2) is 5.65 Å². The monoisotopic (exact) mass is 330 g/mol. The van der Waals surface area contributed by atoms with Gasteiger partial charge in [0.1, 0.15) is 5.56 Å². The summed E-state index contributed by atoms with van der Waals surface area (Å²) in [5.41, 5.74) is 3.45. The SMILES string of the molecule is O=C(O)c1cnc2n[nH]c(-c3ccccc3)c2c1Nc1ccccc1. The Hall–Kier alpha value is -3.67. The number of benzene rings is 2. The van der Waals surface area contributed by atoms with E-state index in [1.807, 2.05) is 60.7 Å². The number of carboxylic acid groups (broad SMARTS) is 1. The number of hydrogen-bond donors (Lipinski definition) is 3. The predicted molar refractivity (Wildman–Crippen MR) is 96.0 cm³/mol. The normalized spacial score (nSPS) is 10.7. The third-order valence-corrected chi connectivity index (χ3v) is 3.92. The first kappa shape index (κ1) is 14.9. The summed E-state index contributed by atoms with van der Waals surface area (Å²) in [6.07, 6.45) is 1.32. The van der Waals surface area contributed by atoms with Gasteiger partial charge in [0.2, 0.25) is 0 Å². The summed E-state index contributed by atoms with van der Waals surface area (Å²) >= 11 is 0. The summed E-state index contributed by atoms with van der Waals surface area (Å²) < 4.78 is 0. The molecule has 122 valence electrons. The molecule has 6 heteroatoms. The van der Waals surface area contributed by atoms with Crippen molar-refractivity contribution in [3.8, 4) is 11.3 Å². The van der Waals surface area contributed by atoms with Crippen molar-refractivity contribution in [1.82, 2.24) is 15.2 Å². The van der Waals surface area contributed by atoms with Gasteiger partial charge in [-0.15, -0.1) is 0 Å². The summed E-state index contributed by atoms with van der Waals surface area (Å²) in [6, 6.07) is 19.1. The summed E-state index contributed by atoms with van der Waals surface area (Å²) in [5, 5.41) is 20.7. The number of carbonyl (C=O) groups is 1. The third kappa shape index (κ3) is 2.70. The number of H-pyrrole nitrogens is 1. The lowest BCUT2D eigenvalue weighted by atomic mass is 10.1. The van der Waals surface area contributed by atoms with Crippen LogP contribution in [-0.4, -0.2) is 26.3 Å². The zero-order valence-corrected chi connectivity index (χ0v) is 13.1. The van der Waals surface area contributed by atoms with Gasteiger partial charge in [0, 0.05) is 17.4 Å². The minimum absolute atomic E-state index is 0.0925. The van der Waals surface area contributed by atoms with E-state index in [1.165, 1.54) is 6.20 Å². The minimum Gasteiger partial charge on any atom is -0.478 e. The van der Waals surface area contributed by atoms with Crippen molar-refractivity contribution < 1.29 is 9.90 Å². The number of para-hydroxylation sites is 1. The first-order valence-corrected chi connectivity index (χ1v) is 7.72. The van der Waals surface area contributed by atoms with Crippen LogP contribution in [-0.2, 0) is 0 Å². The molecule has 2 heterocycles. The molecule has 25 heavy (non-hydrogen) atoms. The zero-order chi connectivity index (χ0) is 17.2. The predicted octanol–water partition coefficient (Wildman–Crippen LogP) is 4.07. The van der Waals surface area contributed by atoms with Crippen molar-refractivity contribution >= 4 is 28.4 Å². The topological polar surface area (TPSA) is 90.9 Å². The molecule has 2 aromatic carbocycles. The Balaban J connectivity index is 1.98. The van der Waals surface area contributed by atoms with Gasteiger partial charge < -0.3 is 10.4 Å². The molecule has 0 aliphatic heterocycles. The fourth-order valence-corrected chi connectivity index (χ4v) is 2.76. The number of fused-ring (bicyclic) bond motifs is 1. The summed E-state index contributed by atoms with van der Waals surface area (Å²) in [4.78, 5) is 15.9. The molecule has 0 bridgehead atoms. The molecule has 0 aliphatic carbocycles. The highest BCUT2D eigenvalue weighted by atomic mass is 16.4. The number of nitrogens with one attached hydrogen (secondary N) is 2.